The minimum Gasteiger partial charge on any atom is -0.496 e. The van der Waals surface area contributed by atoms with Gasteiger partial charge in [0.15, 0.2) is 0 Å². The Morgan fingerprint density at radius 2 is 2.29 bits per heavy atom. The van der Waals surface area contributed by atoms with Crippen LogP contribution in [0.25, 0.3) is 11.0 Å². The van der Waals surface area contributed by atoms with Crippen LogP contribution in [0.2, 0.25) is 0 Å². The second-order valence-corrected chi connectivity index (χ2v) is 2.74. The number of benzene rings is 1. The predicted octanol–water partition coefficient (Wildman–Crippen LogP) is 2.35. The first-order valence-corrected chi connectivity index (χ1v) is 3.92. The number of nitro benzene ring substituents is 1. The molecule has 0 radical (unpaired) electrons. The summed E-state index contributed by atoms with van der Waals surface area (Å²) >= 11 is 0. The van der Waals surface area contributed by atoms with E-state index in [-0.39, 0.29) is 11.3 Å². The molecule has 5 heteroatoms. The highest BCUT2D eigenvalue weighted by molar-refractivity contribution is 5.87. The van der Waals surface area contributed by atoms with Crippen molar-refractivity contribution in [2.75, 3.05) is 7.11 Å². The molecule has 0 spiro atoms. The molecule has 0 saturated heterocycles. The molecule has 1 aromatic heterocycles. The quantitative estimate of drug-likeness (QED) is 0.542. The van der Waals surface area contributed by atoms with Crippen LogP contribution in [0.4, 0.5) is 5.69 Å². The fourth-order valence-corrected chi connectivity index (χ4v) is 1.29. The molecule has 0 aliphatic rings. The second kappa shape index (κ2) is 3.02. The molecule has 1 aromatic carbocycles. The van der Waals surface area contributed by atoms with Gasteiger partial charge in [0.05, 0.1) is 24.4 Å². The number of nitrogens with zero attached hydrogens (tertiary/aromatic N) is 1. The lowest BCUT2D eigenvalue weighted by atomic mass is 10.2. The Bertz CT molecular complexity index is 489. The molecule has 5 nitrogen and oxygen atoms in total. The summed E-state index contributed by atoms with van der Waals surface area (Å²) in [6, 6.07) is 4.68. The van der Waals surface area contributed by atoms with Gasteiger partial charge >= 0.3 is 5.69 Å². The van der Waals surface area contributed by atoms with E-state index in [1.54, 1.807) is 12.1 Å². The average Bonchev–Trinajstić information content (AvgIpc) is 2.63. The third kappa shape index (κ3) is 1.19. The lowest BCUT2D eigenvalue weighted by molar-refractivity contribution is -0.383. The van der Waals surface area contributed by atoms with Gasteiger partial charge in [-0.25, -0.2) is 0 Å². The largest absolute Gasteiger partial charge is 0.496 e. The van der Waals surface area contributed by atoms with E-state index in [2.05, 4.69) is 0 Å². The first kappa shape index (κ1) is 8.55. The van der Waals surface area contributed by atoms with Crippen LogP contribution in [0.3, 0.4) is 0 Å². The molecule has 0 unspecified atom stereocenters. The summed E-state index contributed by atoms with van der Waals surface area (Å²) in [5.74, 6) is 0.450. The summed E-state index contributed by atoms with van der Waals surface area (Å²) in [4.78, 5) is 10.2. The highest BCUT2D eigenvalue weighted by Crippen LogP contribution is 2.31. The van der Waals surface area contributed by atoms with E-state index in [1.165, 1.54) is 19.4 Å². The van der Waals surface area contributed by atoms with Crippen LogP contribution in [0.1, 0.15) is 0 Å². The van der Waals surface area contributed by atoms with Crippen molar-refractivity contribution < 1.29 is 14.1 Å². The van der Waals surface area contributed by atoms with Gasteiger partial charge in [-0.3, -0.25) is 10.1 Å². The van der Waals surface area contributed by atoms with Gasteiger partial charge < -0.3 is 9.15 Å². The van der Waals surface area contributed by atoms with Crippen LogP contribution >= 0.6 is 0 Å². The molecule has 14 heavy (non-hydrogen) atoms. The number of methoxy groups -OCH3 is 1. The predicted molar refractivity (Wildman–Crippen MR) is 49.4 cm³/mol. The fraction of sp³-hybridized carbons (Fsp3) is 0.111. The van der Waals surface area contributed by atoms with Crippen molar-refractivity contribution in [3.8, 4) is 5.75 Å². The van der Waals surface area contributed by atoms with E-state index >= 15 is 0 Å². The minimum atomic E-state index is -0.492. The average molecular weight is 193 g/mol. The third-order valence-electron chi connectivity index (χ3n) is 1.94. The summed E-state index contributed by atoms with van der Waals surface area (Å²) < 4.78 is 9.95. The highest BCUT2D eigenvalue weighted by atomic mass is 16.6. The monoisotopic (exact) mass is 193 g/mol. The summed E-state index contributed by atoms with van der Waals surface area (Å²) in [5, 5.41) is 11.3. The molecule has 0 atom stereocenters. The fourth-order valence-electron chi connectivity index (χ4n) is 1.29. The van der Waals surface area contributed by atoms with Crippen molar-refractivity contribution in [2.45, 2.75) is 0 Å². The number of hydrogen-bond acceptors (Lipinski definition) is 4. The van der Waals surface area contributed by atoms with Crippen LogP contribution in [0, 0.1) is 10.1 Å². The Hall–Kier alpha value is -2.04. The van der Waals surface area contributed by atoms with E-state index in [4.69, 9.17) is 9.15 Å². The summed E-state index contributed by atoms with van der Waals surface area (Å²) in [7, 11) is 1.46. The van der Waals surface area contributed by atoms with Crippen molar-refractivity contribution in [3.63, 3.8) is 0 Å². The van der Waals surface area contributed by atoms with Crippen LogP contribution in [0.5, 0.6) is 5.75 Å². The first-order valence-electron chi connectivity index (χ1n) is 3.92. The lowest BCUT2D eigenvalue weighted by Crippen LogP contribution is -1.90. The number of furan rings is 1. The number of nitro groups is 1. The molecular formula is C9H7NO4. The topological polar surface area (TPSA) is 65.5 Å². The zero-order chi connectivity index (χ0) is 10.1. The number of non-ortho nitro benzene ring substituents is 1. The van der Waals surface area contributed by atoms with Crippen molar-refractivity contribution in [1.29, 1.82) is 0 Å². The van der Waals surface area contributed by atoms with Crippen molar-refractivity contribution in [3.05, 3.63) is 34.6 Å². The molecule has 0 bridgehead atoms. The van der Waals surface area contributed by atoms with E-state index in [0.717, 1.165) is 0 Å². The Morgan fingerprint density at radius 3 is 2.93 bits per heavy atom. The smallest absolute Gasteiger partial charge is 0.315 e. The van der Waals surface area contributed by atoms with E-state index < -0.39 is 4.92 Å². The molecule has 0 aliphatic carbocycles. The maximum absolute atomic E-state index is 10.7. The molecule has 0 aliphatic heterocycles. The minimum absolute atomic E-state index is 0.0793. The second-order valence-electron chi connectivity index (χ2n) is 2.74. The Kier molecular flexibility index (Phi) is 1.85. The van der Waals surface area contributed by atoms with Crippen molar-refractivity contribution in [1.82, 2.24) is 0 Å². The van der Waals surface area contributed by atoms with Crippen molar-refractivity contribution >= 4 is 16.7 Å². The molecule has 0 N–H and O–H groups in total. The molecule has 0 saturated carbocycles. The van der Waals surface area contributed by atoms with Crippen LogP contribution in [-0.4, -0.2) is 12.0 Å². The maximum atomic E-state index is 10.7. The molecule has 0 amide bonds. The van der Waals surface area contributed by atoms with E-state index in [0.29, 0.717) is 11.1 Å². The van der Waals surface area contributed by atoms with Gasteiger partial charge in [-0.05, 0) is 12.1 Å². The van der Waals surface area contributed by atoms with E-state index in [9.17, 15) is 10.1 Å². The van der Waals surface area contributed by atoms with Gasteiger partial charge in [-0.1, -0.05) is 0 Å². The van der Waals surface area contributed by atoms with Crippen LogP contribution in [-0.2, 0) is 0 Å². The zero-order valence-corrected chi connectivity index (χ0v) is 7.39. The summed E-state index contributed by atoms with van der Waals surface area (Å²) in [6.45, 7) is 0. The molecule has 0 fully saturated rings. The Morgan fingerprint density at radius 1 is 1.50 bits per heavy atom. The summed E-state index contributed by atoms with van der Waals surface area (Å²) in [6.07, 6.45) is 1.41. The lowest BCUT2D eigenvalue weighted by Gasteiger charge is -1.99. The van der Waals surface area contributed by atoms with Gasteiger partial charge in [0.1, 0.15) is 5.75 Å². The number of ether oxygens (including phenoxy) is 1. The number of rotatable bonds is 2. The molecular weight excluding hydrogens is 186 g/mol. The Balaban J connectivity index is 2.76. The molecule has 72 valence electrons. The normalized spacial score (nSPS) is 10.4. The number of hydrogen-bond donors (Lipinski definition) is 0. The van der Waals surface area contributed by atoms with Crippen LogP contribution < -0.4 is 4.74 Å². The van der Waals surface area contributed by atoms with Gasteiger partial charge in [0.25, 0.3) is 0 Å². The molecule has 2 rings (SSSR count). The van der Waals surface area contributed by atoms with Gasteiger partial charge in [-0.2, -0.15) is 0 Å². The van der Waals surface area contributed by atoms with E-state index in [1.807, 2.05) is 0 Å². The zero-order valence-electron chi connectivity index (χ0n) is 7.39. The number of fused-ring (bicyclic) bond motifs is 1. The first-order chi connectivity index (χ1) is 6.72. The maximum Gasteiger partial charge on any atom is 0.315 e. The SMILES string of the molecule is COc1cc([N+](=O)[O-])c2occc2c1. The standard InChI is InChI=1S/C9H7NO4/c1-13-7-4-6-2-3-14-9(6)8(5-7)10(11)12/h2-5H,1H3. The molecule has 1 heterocycles. The summed E-state index contributed by atoms with van der Waals surface area (Å²) in [5.41, 5.74) is 0.195. The third-order valence-corrected chi connectivity index (χ3v) is 1.94. The van der Waals surface area contributed by atoms with Gasteiger partial charge in [0.2, 0.25) is 5.58 Å². The van der Waals surface area contributed by atoms with Crippen molar-refractivity contribution in [2.24, 2.45) is 0 Å². The van der Waals surface area contributed by atoms with Gasteiger partial charge in [0, 0.05) is 5.39 Å². The Labute approximate surface area is 79.0 Å². The molecule has 2 aromatic rings. The van der Waals surface area contributed by atoms with Crippen LogP contribution in [0.15, 0.2) is 28.9 Å². The highest BCUT2D eigenvalue weighted by Gasteiger charge is 2.16. The van der Waals surface area contributed by atoms with Gasteiger partial charge in [-0.15, -0.1) is 0 Å².